The molecule has 0 radical (unpaired) electrons. The Morgan fingerprint density at radius 3 is 2.75 bits per heavy atom. The second-order valence-electron chi connectivity index (χ2n) is 3.15. The zero-order chi connectivity index (χ0) is 12.2. The van der Waals surface area contributed by atoms with Gasteiger partial charge in [-0.25, -0.2) is 10.8 Å². The number of nitrogen functional groups attached to an aromatic ring is 1. The highest BCUT2D eigenvalue weighted by Crippen LogP contribution is 2.23. The van der Waals surface area contributed by atoms with E-state index in [1.165, 1.54) is 0 Å². The molecule has 0 saturated heterocycles. The summed E-state index contributed by atoms with van der Waals surface area (Å²) in [5.41, 5.74) is 2.68. The molecular formula is C9H12F3N3O. The van der Waals surface area contributed by atoms with Crippen molar-refractivity contribution in [2.24, 2.45) is 5.84 Å². The molecule has 0 aliphatic rings. The van der Waals surface area contributed by atoms with Gasteiger partial charge in [0.1, 0.15) is 5.82 Å². The topological polar surface area (TPSA) is 60.2 Å². The van der Waals surface area contributed by atoms with Crippen molar-refractivity contribution in [1.29, 1.82) is 0 Å². The third kappa shape index (κ3) is 3.67. The molecule has 0 bridgehead atoms. The first kappa shape index (κ1) is 12.7. The molecule has 0 aromatic carbocycles. The van der Waals surface area contributed by atoms with Gasteiger partial charge >= 0.3 is 6.18 Å². The molecule has 0 aliphatic heterocycles. The van der Waals surface area contributed by atoms with Crippen LogP contribution in [0.15, 0.2) is 18.2 Å². The number of hydrazine groups is 1. The Balaban J connectivity index is 2.54. The Kier molecular flexibility index (Phi) is 4.08. The van der Waals surface area contributed by atoms with Crippen LogP contribution in [0, 0.1) is 0 Å². The zero-order valence-electron chi connectivity index (χ0n) is 8.58. The second-order valence-corrected chi connectivity index (χ2v) is 3.15. The number of hydrogen-bond donors (Lipinski definition) is 2. The Bertz CT molecular complexity index is 343. The molecule has 1 unspecified atom stereocenters. The van der Waals surface area contributed by atoms with E-state index in [1.807, 2.05) is 0 Å². The van der Waals surface area contributed by atoms with Crippen LogP contribution in [-0.4, -0.2) is 17.3 Å². The smallest absolute Gasteiger partial charge is 0.363 e. The van der Waals surface area contributed by atoms with Gasteiger partial charge in [-0.2, -0.15) is 13.2 Å². The molecule has 1 aromatic rings. The lowest BCUT2D eigenvalue weighted by Crippen LogP contribution is -2.28. The molecule has 0 fully saturated rings. The van der Waals surface area contributed by atoms with E-state index >= 15 is 0 Å². The predicted octanol–water partition coefficient (Wildman–Crippen LogP) is 1.83. The number of nitrogens with two attached hydrogens (primary N) is 1. The predicted molar refractivity (Wildman–Crippen MR) is 52.4 cm³/mol. The number of aromatic nitrogens is 1. The van der Waals surface area contributed by atoms with Crippen molar-refractivity contribution in [2.75, 3.05) is 5.43 Å². The van der Waals surface area contributed by atoms with Crippen molar-refractivity contribution in [3.05, 3.63) is 23.9 Å². The normalized spacial score (nSPS) is 13.6. The Morgan fingerprint density at radius 1 is 1.50 bits per heavy atom. The highest BCUT2D eigenvalue weighted by molar-refractivity contribution is 5.33. The van der Waals surface area contributed by atoms with E-state index in [2.05, 4.69) is 15.1 Å². The maximum atomic E-state index is 12.1. The number of pyridine rings is 1. The standard InChI is InChI=1S/C9H12F3N3O/c1-6(9(10,11)12)16-5-7-3-2-4-8(14-7)15-13/h2-4,6H,5,13H2,1H3,(H,14,15). The van der Waals surface area contributed by atoms with E-state index in [0.29, 0.717) is 11.5 Å². The average Bonchev–Trinajstić information content (AvgIpc) is 2.25. The summed E-state index contributed by atoms with van der Waals surface area (Å²) in [4.78, 5) is 3.92. The number of ether oxygens (including phenoxy) is 1. The van der Waals surface area contributed by atoms with Crippen LogP contribution in [0.5, 0.6) is 0 Å². The Labute approximate surface area is 90.6 Å². The van der Waals surface area contributed by atoms with Crippen LogP contribution in [0.4, 0.5) is 19.0 Å². The number of alkyl halides is 3. The minimum atomic E-state index is -4.36. The monoisotopic (exact) mass is 235 g/mol. The molecule has 3 N–H and O–H groups in total. The highest BCUT2D eigenvalue weighted by atomic mass is 19.4. The summed E-state index contributed by atoms with van der Waals surface area (Å²) in [5.74, 6) is 5.49. The van der Waals surface area contributed by atoms with Crippen LogP contribution in [0.25, 0.3) is 0 Å². The quantitative estimate of drug-likeness (QED) is 0.617. The molecule has 0 amide bonds. The summed E-state index contributed by atoms with van der Waals surface area (Å²) >= 11 is 0. The molecule has 4 nitrogen and oxygen atoms in total. The first-order chi connectivity index (χ1) is 7.43. The van der Waals surface area contributed by atoms with Gasteiger partial charge in [0, 0.05) is 0 Å². The molecule has 1 aromatic heterocycles. The van der Waals surface area contributed by atoms with Gasteiger partial charge in [0.15, 0.2) is 6.10 Å². The molecule has 1 rings (SSSR count). The fourth-order valence-electron chi connectivity index (χ4n) is 0.945. The molecule has 7 heteroatoms. The molecule has 0 saturated carbocycles. The van der Waals surface area contributed by atoms with Crippen LogP contribution in [0.1, 0.15) is 12.6 Å². The summed E-state index contributed by atoms with van der Waals surface area (Å²) in [5, 5.41) is 0. The number of nitrogens with one attached hydrogen (secondary N) is 1. The Hall–Kier alpha value is -1.34. The maximum Gasteiger partial charge on any atom is 0.414 e. The first-order valence-corrected chi connectivity index (χ1v) is 4.54. The summed E-state index contributed by atoms with van der Waals surface area (Å²) in [7, 11) is 0. The SMILES string of the molecule is CC(OCc1cccc(NN)n1)C(F)(F)F. The molecular weight excluding hydrogens is 223 g/mol. The number of nitrogens with zero attached hydrogens (tertiary/aromatic N) is 1. The van der Waals surface area contributed by atoms with E-state index < -0.39 is 12.3 Å². The van der Waals surface area contributed by atoms with E-state index in [1.54, 1.807) is 18.2 Å². The third-order valence-electron chi connectivity index (χ3n) is 1.90. The van der Waals surface area contributed by atoms with Gasteiger partial charge in [0.05, 0.1) is 12.3 Å². The van der Waals surface area contributed by atoms with Crippen molar-refractivity contribution in [1.82, 2.24) is 4.98 Å². The van der Waals surface area contributed by atoms with Gasteiger partial charge in [0.2, 0.25) is 0 Å². The van der Waals surface area contributed by atoms with Gasteiger partial charge in [-0.3, -0.25) is 0 Å². The lowest BCUT2D eigenvalue weighted by atomic mass is 10.3. The molecule has 0 aliphatic carbocycles. The van der Waals surface area contributed by atoms with Crippen molar-refractivity contribution in [3.8, 4) is 0 Å². The van der Waals surface area contributed by atoms with Crippen LogP contribution in [0.3, 0.4) is 0 Å². The van der Waals surface area contributed by atoms with Crippen LogP contribution >= 0.6 is 0 Å². The van der Waals surface area contributed by atoms with Crippen LogP contribution in [-0.2, 0) is 11.3 Å². The van der Waals surface area contributed by atoms with Crippen LogP contribution in [0.2, 0.25) is 0 Å². The average molecular weight is 235 g/mol. The van der Waals surface area contributed by atoms with E-state index in [9.17, 15) is 13.2 Å². The first-order valence-electron chi connectivity index (χ1n) is 4.54. The Morgan fingerprint density at radius 2 is 2.19 bits per heavy atom. The molecule has 1 heterocycles. The number of rotatable bonds is 4. The fraction of sp³-hybridized carbons (Fsp3) is 0.444. The molecule has 1 atom stereocenters. The van der Waals surface area contributed by atoms with Gasteiger partial charge < -0.3 is 10.2 Å². The number of halogens is 3. The van der Waals surface area contributed by atoms with Gasteiger partial charge in [-0.15, -0.1) is 0 Å². The minimum absolute atomic E-state index is 0.212. The minimum Gasteiger partial charge on any atom is -0.363 e. The summed E-state index contributed by atoms with van der Waals surface area (Å²) < 4.78 is 41.0. The van der Waals surface area contributed by atoms with E-state index in [4.69, 9.17) is 5.84 Å². The number of anilines is 1. The summed E-state index contributed by atoms with van der Waals surface area (Å²) in [6.07, 6.45) is -6.17. The van der Waals surface area contributed by atoms with E-state index in [-0.39, 0.29) is 6.61 Å². The van der Waals surface area contributed by atoms with E-state index in [0.717, 1.165) is 6.92 Å². The molecule has 0 spiro atoms. The fourth-order valence-corrected chi connectivity index (χ4v) is 0.945. The summed E-state index contributed by atoms with van der Waals surface area (Å²) in [6, 6.07) is 4.78. The lowest BCUT2D eigenvalue weighted by molar-refractivity contribution is -0.217. The lowest BCUT2D eigenvalue weighted by Gasteiger charge is -2.16. The molecule has 16 heavy (non-hydrogen) atoms. The molecule has 90 valence electrons. The van der Waals surface area contributed by atoms with Gasteiger partial charge in [-0.1, -0.05) is 6.07 Å². The van der Waals surface area contributed by atoms with Gasteiger partial charge in [-0.05, 0) is 19.1 Å². The largest absolute Gasteiger partial charge is 0.414 e. The van der Waals surface area contributed by atoms with Gasteiger partial charge in [0.25, 0.3) is 0 Å². The highest BCUT2D eigenvalue weighted by Gasteiger charge is 2.36. The van der Waals surface area contributed by atoms with Crippen molar-refractivity contribution in [2.45, 2.75) is 25.8 Å². The second kappa shape index (κ2) is 5.13. The summed E-state index contributed by atoms with van der Waals surface area (Å²) in [6.45, 7) is 0.737. The zero-order valence-corrected chi connectivity index (χ0v) is 8.58. The third-order valence-corrected chi connectivity index (χ3v) is 1.90. The van der Waals surface area contributed by atoms with Crippen molar-refractivity contribution < 1.29 is 17.9 Å². The van der Waals surface area contributed by atoms with Crippen molar-refractivity contribution in [3.63, 3.8) is 0 Å². The number of hydrogen-bond acceptors (Lipinski definition) is 4. The van der Waals surface area contributed by atoms with Crippen molar-refractivity contribution >= 4 is 5.82 Å². The maximum absolute atomic E-state index is 12.1. The van der Waals surface area contributed by atoms with Crippen LogP contribution < -0.4 is 11.3 Å².